The number of likely N-dealkylation sites (N-methyl/N-ethyl adjacent to an activating group) is 1. The topological polar surface area (TPSA) is 80.1 Å². The predicted molar refractivity (Wildman–Crippen MR) is 98.5 cm³/mol. The van der Waals surface area contributed by atoms with Gasteiger partial charge in [0.05, 0.1) is 12.3 Å². The summed E-state index contributed by atoms with van der Waals surface area (Å²) in [6.07, 6.45) is 4.11. The third-order valence-electron chi connectivity index (χ3n) is 3.84. The van der Waals surface area contributed by atoms with Crippen LogP contribution in [0.3, 0.4) is 0 Å². The average molecular weight is 366 g/mol. The van der Waals surface area contributed by atoms with E-state index in [4.69, 9.17) is 0 Å². The molecule has 25 heavy (non-hydrogen) atoms. The number of hydrogen-bond acceptors (Lipinski definition) is 5. The van der Waals surface area contributed by atoms with Crippen LogP contribution in [0.2, 0.25) is 0 Å². The van der Waals surface area contributed by atoms with E-state index < -0.39 is 0 Å². The molecule has 1 saturated carbocycles. The molecule has 1 aromatic heterocycles. The lowest BCUT2D eigenvalue weighted by Gasteiger charge is -2.21. The molecule has 2 amide bonds. The first-order valence-corrected chi connectivity index (χ1v) is 9.68. The molecule has 0 saturated heterocycles. The molecule has 2 rings (SSSR count). The van der Waals surface area contributed by atoms with Crippen molar-refractivity contribution in [3.63, 3.8) is 0 Å². The standard InChI is InChI=1S/C17H27N5O2S/c1-5-9-22-16(13-7-8-13)19-20-17(22)25-11-15(24)21(6-2)10-14(23)18-12(3)4/h5,12-13H,1,6-11H2,2-4H3,(H,18,23). The lowest BCUT2D eigenvalue weighted by molar-refractivity contribution is -0.134. The number of amides is 2. The number of hydrogen-bond donors (Lipinski definition) is 1. The maximum atomic E-state index is 12.4. The molecule has 0 aromatic carbocycles. The SMILES string of the molecule is C=CCn1c(SCC(=O)N(CC)CC(=O)NC(C)C)nnc1C1CC1. The minimum Gasteiger partial charge on any atom is -0.352 e. The Labute approximate surface area is 153 Å². The molecule has 0 spiro atoms. The minimum absolute atomic E-state index is 0.0639. The van der Waals surface area contributed by atoms with E-state index >= 15 is 0 Å². The number of aromatic nitrogens is 3. The summed E-state index contributed by atoms with van der Waals surface area (Å²) in [5, 5.41) is 12.0. The van der Waals surface area contributed by atoms with Gasteiger partial charge < -0.3 is 14.8 Å². The molecule has 1 N–H and O–H groups in total. The van der Waals surface area contributed by atoms with E-state index in [9.17, 15) is 9.59 Å². The van der Waals surface area contributed by atoms with Crippen LogP contribution >= 0.6 is 11.8 Å². The highest BCUT2D eigenvalue weighted by Gasteiger charge is 2.30. The molecule has 0 atom stereocenters. The lowest BCUT2D eigenvalue weighted by Crippen LogP contribution is -2.43. The van der Waals surface area contributed by atoms with E-state index in [1.54, 1.807) is 4.90 Å². The second kappa shape index (κ2) is 9.03. The van der Waals surface area contributed by atoms with Gasteiger partial charge in [-0.3, -0.25) is 9.59 Å². The van der Waals surface area contributed by atoms with Crippen LogP contribution in [0.1, 0.15) is 45.4 Å². The Morgan fingerprint density at radius 1 is 1.44 bits per heavy atom. The van der Waals surface area contributed by atoms with Crippen LogP contribution in [0, 0.1) is 0 Å². The van der Waals surface area contributed by atoms with Crippen molar-refractivity contribution in [3.8, 4) is 0 Å². The Morgan fingerprint density at radius 3 is 2.72 bits per heavy atom. The van der Waals surface area contributed by atoms with E-state index in [-0.39, 0.29) is 30.2 Å². The van der Waals surface area contributed by atoms with Crippen LogP contribution in [0.4, 0.5) is 0 Å². The Kier molecular flexibility index (Phi) is 7.04. The molecule has 1 aliphatic carbocycles. The van der Waals surface area contributed by atoms with Crippen molar-refractivity contribution >= 4 is 23.6 Å². The second-order valence-electron chi connectivity index (χ2n) is 6.43. The van der Waals surface area contributed by atoms with Gasteiger partial charge in [-0.05, 0) is 33.6 Å². The molecule has 8 heteroatoms. The summed E-state index contributed by atoms with van der Waals surface area (Å²) in [7, 11) is 0. The predicted octanol–water partition coefficient (Wildman–Crippen LogP) is 1.81. The van der Waals surface area contributed by atoms with Gasteiger partial charge in [-0.1, -0.05) is 17.8 Å². The largest absolute Gasteiger partial charge is 0.352 e. The van der Waals surface area contributed by atoms with E-state index in [0.717, 1.165) is 23.8 Å². The average Bonchev–Trinajstić information content (AvgIpc) is 3.32. The van der Waals surface area contributed by atoms with E-state index in [1.165, 1.54) is 11.8 Å². The molecule has 138 valence electrons. The smallest absolute Gasteiger partial charge is 0.239 e. The van der Waals surface area contributed by atoms with Gasteiger partial charge in [-0.15, -0.1) is 16.8 Å². The molecule has 0 unspecified atom stereocenters. The third kappa shape index (κ3) is 5.59. The maximum Gasteiger partial charge on any atom is 0.239 e. The fourth-order valence-electron chi connectivity index (χ4n) is 2.49. The molecule has 1 aliphatic rings. The fraction of sp³-hybridized carbons (Fsp3) is 0.647. The summed E-state index contributed by atoms with van der Waals surface area (Å²) < 4.78 is 2.03. The van der Waals surface area contributed by atoms with Gasteiger partial charge in [0.25, 0.3) is 0 Å². The maximum absolute atomic E-state index is 12.4. The van der Waals surface area contributed by atoms with Crippen LogP contribution in [0.25, 0.3) is 0 Å². The van der Waals surface area contributed by atoms with Crippen molar-refractivity contribution in [1.29, 1.82) is 0 Å². The molecule has 0 aliphatic heterocycles. The van der Waals surface area contributed by atoms with Crippen molar-refractivity contribution < 1.29 is 9.59 Å². The van der Waals surface area contributed by atoms with E-state index in [1.807, 2.05) is 31.4 Å². The summed E-state index contributed by atoms with van der Waals surface area (Å²) in [6.45, 7) is 10.7. The number of nitrogens with one attached hydrogen (secondary N) is 1. The number of allylic oxidation sites excluding steroid dienone is 1. The lowest BCUT2D eigenvalue weighted by atomic mass is 10.3. The Hall–Kier alpha value is -1.83. The molecule has 0 radical (unpaired) electrons. The van der Waals surface area contributed by atoms with Crippen LogP contribution in [0.5, 0.6) is 0 Å². The van der Waals surface area contributed by atoms with Gasteiger partial charge in [0, 0.05) is 25.0 Å². The molecule has 1 fully saturated rings. The Bertz CT molecular complexity index is 625. The third-order valence-corrected chi connectivity index (χ3v) is 4.79. The summed E-state index contributed by atoms with van der Waals surface area (Å²) >= 11 is 1.36. The number of carbonyl (C=O) groups excluding carboxylic acids is 2. The molecule has 0 bridgehead atoms. The van der Waals surface area contributed by atoms with E-state index in [0.29, 0.717) is 19.0 Å². The highest BCUT2D eigenvalue weighted by Crippen LogP contribution is 2.40. The summed E-state index contributed by atoms with van der Waals surface area (Å²) in [5.41, 5.74) is 0. The fourth-order valence-corrected chi connectivity index (χ4v) is 3.34. The first kappa shape index (κ1) is 19.5. The van der Waals surface area contributed by atoms with E-state index in [2.05, 4.69) is 22.1 Å². The summed E-state index contributed by atoms with van der Waals surface area (Å²) in [5.74, 6) is 1.50. The van der Waals surface area contributed by atoms with Crippen molar-refractivity contribution in [2.75, 3.05) is 18.8 Å². The molecule has 1 heterocycles. The zero-order valence-electron chi connectivity index (χ0n) is 15.2. The van der Waals surface area contributed by atoms with Gasteiger partial charge >= 0.3 is 0 Å². The molecule has 1 aromatic rings. The van der Waals surface area contributed by atoms with Gasteiger partial charge in [-0.2, -0.15) is 0 Å². The first-order chi connectivity index (χ1) is 12.0. The van der Waals surface area contributed by atoms with Crippen molar-refractivity contribution in [3.05, 3.63) is 18.5 Å². The highest BCUT2D eigenvalue weighted by molar-refractivity contribution is 7.99. The summed E-state index contributed by atoms with van der Waals surface area (Å²) in [4.78, 5) is 25.9. The van der Waals surface area contributed by atoms with Crippen LogP contribution in [-0.2, 0) is 16.1 Å². The summed E-state index contributed by atoms with van der Waals surface area (Å²) in [6, 6.07) is 0.0639. The van der Waals surface area contributed by atoms with Crippen LogP contribution < -0.4 is 5.32 Å². The molecule has 7 nitrogen and oxygen atoms in total. The zero-order chi connectivity index (χ0) is 18.4. The second-order valence-corrected chi connectivity index (χ2v) is 7.38. The number of rotatable bonds is 10. The Balaban J connectivity index is 1.93. The number of carbonyl (C=O) groups is 2. The van der Waals surface area contributed by atoms with Crippen molar-refractivity contribution in [2.45, 2.75) is 57.3 Å². The minimum atomic E-state index is -0.138. The molecular weight excluding hydrogens is 338 g/mol. The first-order valence-electron chi connectivity index (χ1n) is 8.70. The van der Waals surface area contributed by atoms with Gasteiger partial charge in [-0.25, -0.2) is 0 Å². The normalized spacial score (nSPS) is 13.8. The van der Waals surface area contributed by atoms with Gasteiger partial charge in [0.2, 0.25) is 11.8 Å². The number of nitrogens with zero attached hydrogens (tertiary/aromatic N) is 4. The van der Waals surface area contributed by atoms with Gasteiger partial charge in [0.15, 0.2) is 5.16 Å². The van der Waals surface area contributed by atoms with Crippen LogP contribution in [-0.4, -0.2) is 56.4 Å². The van der Waals surface area contributed by atoms with Crippen molar-refractivity contribution in [2.24, 2.45) is 0 Å². The quantitative estimate of drug-likeness (QED) is 0.505. The Morgan fingerprint density at radius 2 is 2.16 bits per heavy atom. The van der Waals surface area contributed by atoms with Crippen molar-refractivity contribution in [1.82, 2.24) is 25.0 Å². The highest BCUT2D eigenvalue weighted by atomic mass is 32.2. The van der Waals surface area contributed by atoms with Gasteiger partial charge in [0.1, 0.15) is 5.82 Å². The molecular formula is C17H27N5O2S. The number of thioether (sulfide) groups is 1. The zero-order valence-corrected chi connectivity index (χ0v) is 16.0. The monoisotopic (exact) mass is 365 g/mol. The van der Waals surface area contributed by atoms with Crippen LogP contribution in [0.15, 0.2) is 17.8 Å².